The molecule has 0 aliphatic heterocycles. The molecular formula is C15H18N4O6. The normalized spacial score (nSPS) is 11.1. The highest BCUT2D eigenvalue weighted by Crippen LogP contribution is 2.22. The Morgan fingerprint density at radius 2 is 1.52 bits per heavy atom. The lowest BCUT2D eigenvalue weighted by Gasteiger charge is -2.14. The van der Waals surface area contributed by atoms with Gasteiger partial charge in [-0.1, -0.05) is 0 Å². The summed E-state index contributed by atoms with van der Waals surface area (Å²) in [5.41, 5.74) is 4.45. The number of aromatic nitrogens is 2. The van der Waals surface area contributed by atoms with Crippen molar-refractivity contribution in [1.29, 1.82) is 5.26 Å². The van der Waals surface area contributed by atoms with E-state index in [1.54, 1.807) is 26.8 Å². The number of nitrogen functional groups attached to an aromatic ring is 1. The number of esters is 3. The molecule has 1 unspecified atom stereocenters. The SMILES string of the molecule is CCOC(=O)c1nc(C(=O)OCC)c(C(C#N)C(=O)OCC)nc1N. The Bertz CT molecular complexity index is 713. The van der Waals surface area contributed by atoms with Crippen molar-refractivity contribution < 1.29 is 28.6 Å². The second-order valence-corrected chi connectivity index (χ2v) is 4.45. The van der Waals surface area contributed by atoms with E-state index in [0.717, 1.165) is 0 Å². The van der Waals surface area contributed by atoms with E-state index in [9.17, 15) is 19.6 Å². The summed E-state index contributed by atoms with van der Waals surface area (Å²) < 4.78 is 14.4. The number of nitrogens with two attached hydrogens (primary N) is 1. The predicted molar refractivity (Wildman–Crippen MR) is 83.3 cm³/mol. The number of nitriles is 1. The quantitative estimate of drug-likeness (QED) is 0.545. The largest absolute Gasteiger partial charge is 0.465 e. The summed E-state index contributed by atoms with van der Waals surface area (Å²) in [7, 11) is 0. The number of anilines is 1. The maximum absolute atomic E-state index is 12.1. The second-order valence-electron chi connectivity index (χ2n) is 4.45. The van der Waals surface area contributed by atoms with Gasteiger partial charge in [-0.2, -0.15) is 5.26 Å². The molecule has 1 aromatic rings. The summed E-state index contributed by atoms with van der Waals surface area (Å²) >= 11 is 0. The Labute approximate surface area is 143 Å². The van der Waals surface area contributed by atoms with Crippen molar-refractivity contribution in [2.45, 2.75) is 26.7 Å². The van der Waals surface area contributed by atoms with Crippen molar-refractivity contribution >= 4 is 23.7 Å². The first kappa shape index (κ1) is 19.8. The zero-order chi connectivity index (χ0) is 19.0. The summed E-state index contributed by atoms with van der Waals surface area (Å²) in [6, 6.07) is 1.68. The summed E-state index contributed by atoms with van der Waals surface area (Å²) in [5.74, 6) is -4.71. The summed E-state index contributed by atoms with van der Waals surface area (Å²) in [5, 5.41) is 9.26. The Balaban J connectivity index is 3.52. The van der Waals surface area contributed by atoms with Gasteiger partial charge in [0, 0.05) is 0 Å². The standard InChI is InChI=1S/C15H18N4O6/c1-4-23-13(20)8(7-16)9-10(14(21)24-5-2)18-11(12(17)19-9)15(22)25-6-3/h8H,4-6H2,1-3H3,(H2,17,19). The van der Waals surface area contributed by atoms with E-state index < -0.39 is 35.2 Å². The van der Waals surface area contributed by atoms with Gasteiger partial charge >= 0.3 is 17.9 Å². The zero-order valence-electron chi connectivity index (χ0n) is 14.1. The maximum Gasteiger partial charge on any atom is 0.360 e. The molecule has 0 saturated heterocycles. The fraction of sp³-hybridized carbons (Fsp3) is 0.467. The minimum atomic E-state index is -1.55. The third-order valence-corrected chi connectivity index (χ3v) is 2.81. The number of rotatable bonds is 7. The number of hydrogen-bond acceptors (Lipinski definition) is 10. The Hall–Kier alpha value is -3.22. The molecule has 10 nitrogen and oxygen atoms in total. The third-order valence-electron chi connectivity index (χ3n) is 2.81. The molecule has 0 aromatic carbocycles. The molecule has 0 saturated carbocycles. The van der Waals surface area contributed by atoms with Crippen LogP contribution in [0.15, 0.2) is 0 Å². The number of carbonyl (C=O) groups is 3. The highest BCUT2D eigenvalue weighted by molar-refractivity contribution is 5.96. The highest BCUT2D eigenvalue weighted by atomic mass is 16.5. The maximum atomic E-state index is 12.1. The summed E-state index contributed by atoms with van der Waals surface area (Å²) in [4.78, 5) is 43.6. The van der Waals surface area contributed by atoms with Crippen LogP contribution in [0.1, 0.15) is 53.4 Å². The van der Waals surface area contributed by atoms with Crippen LogP contribution in [0.3, 0.4) is 0 Å². The molecule has 0 bridgehead atoms. The van der Waals surface area contributed by atoms with Gasteiger partial charge in [0.05, 0.1) is 25.9 Å². The molecule has 1 atom stereocenters. The number of carbonyl (C=O) groups excluding carboxylic acids is 3. The first-order valence-corrected chi connectivity index (χ1v) is 7.48. The molecule has 0 aliphatic carbocycles. The molecule has 0 aliphatic rings. The predicted octanol–water partition coefficient (Wildman–Crippen LogP) is 0.582. The molecule has 1 aromatic heterocycles. The van der Waals surface area contributed by atoms with Crippen LogP contribution in [-0.2, 0) is 19.0 Å². The van der Waals surface area contributed by atoms with E-state index in [-0.39, 0.29) is 31.3 Å². The fourth-order valence-electron chi connectivity index (χ4n) is 1.81. The lowest BCUT2D eigenvalue weighted by molar-refractivity contribution is -0.143. The van der Waals surface area contributed by atoms with Gasteiger partial charge in [0.1, 0.15) is 5.69 Å². The molecule has 10 heteroatoms. The Morgan fingerprint density at radius 3 is 2.00 bits per heavy atom. The van der Waals surface area contributed by atoms with Crippen molar-refractivity contribution in [1.82, 2.24) is 9.97 Å². The van der Waals surface area contributed by atoms with Crippen LogP contribution in [0.2, 0.25) is 0 Å². The van der Waals surface area contributed by atoms with Crippen molar-refractivity contribution in [2.24, 2.45) is 0 Å². The molecular weight excluding hydrogens is 332 g/mol. The molecule has 134 valence electrons. The van der Waals surface area contributed by atoms with Gasteiger partial charge in [-0.15, -0.1) is 0 Å². The molecule has 25 heavy (non-hydrogen) atoms. The van der Waals surface area contributed by atoms with Crippen molar-refractivity contribution in [2.75, 3.05) is 25.6 Å². The van der Waals surface area contributed by atoms with Gasteiger partial charge in [-0.05, 0) is 20.8 Å². The van der Waals surface area contributed by atoms with Gasteiger partial charge in [0.25, 0.3) is 0 Å². The van der Waals surface area contributed by atoms with Crippen LogP contribution in [0, 0.1) is 11.3 Å². The fourth-order valence-corrected chi connectivity index (χ4v) is 1.81. The molecule has 2 N–H and O–H groups in total. The lowest BCUT2D eigenvalue weighted by Crippen LogP contribution is -2.24. The van der Waals surface area contributed by atoms with Gasteiger partial charge in [-0.25, -0.2) is 19.6 Å². The first-order valence-electron chi connectivity index (χ1n) is 7.48. The minimum absolute atomic E-state index is 0.00962. The van der Waals surface area contributed by atoms with Crippen molar-refractivity contribution in [3.05, 3.63) is 17.1 Å². The van der Waals surface area contributed by atoms with Crippen molar-refractivity contribution in [3.63, 3.8) is 0 Å². The number of nitrogens with zero attached hydrogens (tertiary/aromatic N) is 3. The molecule has 0 amide bonds. The van der Waals surface area contributed by atoms with Crippen LogP contribution in [0.25, 0.3) is 0 Å². The molecule has 1 rings (SSSR count). The van der Waals surface area contributed by atoms with Gasteiger partial charge in [0.2, 0.25) is 0 Å². The van der Waals surface area contributed by atoms with E-state index in [1.165, 1.54) is 0 Å². The topological polar surface area (TPSA) is 154 Å². The van der Waals surface area contributed by atoms with E-state index in [4.69, 9.17) is 19.9 Å². The van der Waals surface area contributed by atoms with Gasteiger partial charge < -0.3 is 19.9 Å². The number of ether oxygens (including phenoxy) is 3. The molecule has 0 spiro atoms. The van der Waals surface area contributed by atoms with Crippen LogP contribution < -0.4 is 5.73 Å². The number of hydrogen-bond donors (Lipinski definition) is 1. The molecule has 0 radical (unpaired) electrons. The smallest absolute Gasteiger partial charge is 0.360 e. The Morgan fingerprint density at radius 1 is 1.00 bits per heavy atom. The summed E-state index contributed by atoms with van der Waals surface area (Å²) in [6.07, 6.45) is 0. The Kier molecular flexibility index (Phi) is 7.27. The summed E-state index contributed by atoms with van der Waals surface area (Å²) in [6.45, 7) is 4.78. The van der Waals surface area contributed by atoms with Gasteiger partial charge in [-0.3, -0.25) is 4.79 Å². The van der Waals surface area contributed by atoms with E-state index in [0.29, 0.717) is 0 Å². The first-order chi connectivity index (χ1) is 11.9. The van der Waals surface area contributed by atoms with E-state index in [2.05, 4.69) is 9.97 Å². The van der Waals surface area contributed by atoms with Crippen LogP contribution in [-0.4, -0.2) is 47.7 Å². The zero-order valence-corrected chi connectivity index (χ0v) is 14.1. The molecule has 1 heterocycles. The third kappa shape index (κ3) is 4.63. The van der Waals surface area contributed by atoms with Crippen LogP contribution in [0.5, 0.6) is 0 Å². The average Bonchev–Trinajstić information content (AvgIpc) is 2.56. The lowest BCUT2D eigenvalue weighted by atomic mass is 10.0. The van der Waals surface area contributed by atoms with Crippen LogP contribution >= 0.6 is 0 Å². The highest BCUT2D eigenvalue weighted by Gasteiger charge is 2.32. The average molecular weight is 350 g/mol. The van der Waals surface area contributed by atoms with E-state index in [1.807, 2.05) is 0 Å². The van der Waals surface area contributed by atoms with Crippen LogP contribution in [0.4, 0.5) is 5.82 Å². The van der Waals surface area contributed by atoms with Gasteiger partial charge in [0.15, 0.2) is 23.1 Å². The van der Waals surface area contributed by atoms with E-state index >= 15 is 0 Å². The second kappa shape index (κ2) is 9.17. The minimum Gasteiger partial charge on any atom is -0.465 e. The van der Waals surface area contributed by atoms with Crippen molar-refractivity contribution in [3.8, 4) is 6.07 Å². The monoisotopic (exact) mass is 350 g/mol. The molecule has 0 fully saturated rings.